The molecule has 1 aromatic carbocycles. The molecule has 1 unspecified atom stereocenters. The molecule has 0 saturated carbocycles. The van der Waals surface area contributed by atoms with Crippen LogP contribution in [0.5, 0.6) is 5.75 Å². The van der Waals surface area contributed by atoms with Gasteiger partial charge in [-0.05, 0) is 51.0 Å². The van der Waals surface area contributed by atoms with Crippen molar-refractivity contribution in [2.75, 3.05) is 13.1 Å². The molecule has 3 N–H and O–H groups in total. The number of aliphatic imine (C=N–C) groups is 1. The second-order valence-corrected chi connectivity index (χ2v) is 6.85. The maximum atomic E-state index is 12.0. The molecule has 0 aliphatic heterocycles. The predicted octanol–water partition coefficient (Wildman–Crippen LogP) is 3.14. The number of aryl methyl sites for hydroxylation is 1. The molecular formula is C22H32N4O3. The summed E-state index contributed by atoms with van der Waals surface area (Å²) in [5, 5.41) is 9.02. The number of carbonyl (C=O) groups is 1. The summed E-state index contributed by atoms with van der Waals surface area (Å²) < 4.78 is 11.3. The first-order valence-electron chi connectivity index (χ1n) is 10.1. The SMILES string of the molecule is CCNC(=NCc1ccc(C)cc1OC(C)CC)NCC(=O)NCc1ccco1. The third-order valence-electron chi connectivity index (χ3n) is 4.33. The highest BCUT2D eigenvalue weighted by Gasteiger charge is 2.09. The normalized spacial score (nSPS) is 12.3. The van der Waals surface area contributed by atoms with Crippen molar-refractivity contribution < 1.29 is 13.9 Å². The number of nitrogens with zero attached hydrogens (tertiary/aromatic N) is 1. The highest BCUT2D eigenvalue weighted by Crippen LogP contribution is 2.23. The van der Waals surface area contributed by atoms with Gasteiger partial charge in [-0.2, -0.15) is 0 Å². The largest absolute Gasteiger partial charge is 0.490 e. The van der Waals surface area contributed by atoms with E-state index >= 15 is 0 Å². The Hall–Kier alpha value is -2.96. The van der Waals surface area contributed by atoms with Crippen LogP contribution in [0.1, 0.15) is 44.1 Å². The summed E-state index contributed by atoms with van der Waals surface area (Å²) in [4.78, 5) is 16.7. The van der Waals surface area contributed by atoms with Gasteiger partial charge in [0.25, 0.3) is 0 Å². The van der Waals surface area contributed by atoms with Crippen molar-refractivity contribution in [1.82, 2.24) is 16.0 Å². The maximum Gasteiger partial charge on any atom is 0.239 e. The van der Waals surface area contributed by atoms with E-state index in [1.54, 1.807) is 12.3 Å². The minimum atomic E-state index is -0.136. The van der Waals surface area contributed by atoms with E-state index in [-0.39, 0.29) is 18.6 Å². The van der Waals surface area contributed by atoms with Gasteiger partial charge in [-0.15, -0.1) is 0 Å². The molecule has 1 aromatic heterocycles. The Kier molecular flexibility index (Phi) is 9.08. The van der Waals surface area contributed by atoms with Gasteiger partial charge < -0.3 is 25.1 Å². The van der Waals surface area contributed by atoms with Gasteiger partial charge in [-0.3, -0.25) is 4.79 Å². The molecule has 1 amide bonds. The Labute approximate surface area is 172 Å². The van der Waals surface area contributed by atoms with Gasteiger partial charge in [-0.1, -0.05) is 19.1 Å². The van der Waals surface area contributed by atoms with Crippen molar-refractivity contribution in [3.8, 4) is 5.75 Å². The molecule has 0 fully saturated rings. The van der Waals surface area contributed by atoms with Crippen LogP contribution in [0, 0.1) is 6.92 Å². The van der Waals surface area contributed by atoms with Crippen LogP contribution in [0.15, 0.2) is 46.0 Å². The first-order chi connectivity index (χ1) is 14.0. The third kappa shape index (κ3) is 7.89. The number of hydrogen-bond acceptors (Lipinski definition) is 4. The van der Waals surface area contributed by atoms with Crippen molar-refractivity contribution in [2.24, 2.45) is 4.99 Å². The van der Waals surface area contributed by atoms with Crippen LogP contribution in [0.3, 0.4) is 0 Å². The standard InChI is InChI=1S/C22H32N4O3/c1-5-17(4)29-20-12-16(3)9-10-18(20)13-25-22(23-6-2)26-15-21(27)24-14-19-8-7-11-28-19/h7-12,17H,5-6,13-15H2,1-4H3,(H,24,27)(H2,23,25,26). The van der Waals surface area contributed by atoms with Crippen molar-refractivity contribution in [3.05, 3.63) is 53.5 Å². The molecule has 0 spiro atoms. The summed E-state index contributed by atoms with van der Waals surface area (Å²) >= 11 is 0. The van der Waals surface area contributed by atoms with Crippen LogP contribution >= 0.6 is 0 Å². The summed E-state index contributed by atoms with van der Waals surface area (Å²) in [7, 11) is 0. The lowest BCUT2D eigenvalue weighted by Gasteiger charge is -2.17. The number of nitrogens with one attached hydrogen (secondary N) is 3. The van der Waals surface area contributed by atoms with E-state index in [2.05, 4.69) is 40.9 Å². The number of ether oxygens (including phenoxy) is 1. The summed E-state index contributed by atoms with van der Waals surface area (Å²) in [5.74, 6) is 2.01. The monoisotopic (exact) mass is 400 g/mol. The van der Waals surface area contributed by atoms with Crippen molar-refractivity contribution in [3.63, 3.8) is 0 Å². The Balaban J connectivity index is 1.95. The van der Waals surface area contributed by atoms with Gasteiger partial charge in [-0.25, -0.2) is 4.99 Å². The van der Waals surface area contributed by atoms with Gasteiger partial charge >= 0.3 is 0 Å². The number of amides is 1. The fourth-order valence-corrected chi connectivity index (χ4v) is 2.53. The van der Waals surface area contributed by atoms with E-state index < -0.39 is 0 Å². The second kappa shape index (κ2) is 11.8. The molecule has 0 bridgehead atoms. The lowest BCUT2D eigenvalue weighted by Crippen LogP contribution is -2.43. The van der Waals surface area contributed by atoms with Crippen molar-refractivity contribution >= 4 is 11.9 Å². The molecule has 7 heteroatoms. The van der Waals surface area contributed by atoms with Crippen LogP contribution in [0.25, 0.3) is 0 Å². The molecule has 2 aromatic rings. The Morgan fingerprint density at radius 3 is 2.72 bits per heavy atom. The Morgan fingerprint density at radius 2 is 2.03 bits per heavy atom. The number of guanidine groups is 1. The number of benzene rings is 1. The smallest absolute Gasteiger partial charge is 0.239 e. The number of hydrogen-bond donors (Lipinski definition) is 3. The molecule has 0 aliphatic rings. The molecule has 1 atom stereocenters. The highest BCUT2D eigenvalue weighted by atomic mass is 16.5. The van der Waals surface area contributed by atoms with E-state index in [0.717, 1.165) is 23.3 Å². The van der Waals surface area contributed by atoms with Crippen LogP contribution in [0.2, 0.25) is 0 Å². The van der Waals surface area contributed by atoms with E-state index in [0.29, 0.717) is 31.4 Å². The lowest BCUT2D eigenvalue weighted by atomic mass is 10.1. The first-order valence-corrected chi connectivity index (χ1v) is 10.1. The number of rotatable bonds is 10. The average molecular weight is 401 g/mol. The quantitative estimate of drug-likeness (QED) is 0.421. The topological polar surface area (TPSA) is 87.9 Å². The third-order valence-corrected chi connectivity index (χ3v) is 4.33. The zero-order chi connectivity index (χ0) is 21.1. The summed E-state index contributed by atoms with van der Waals surface area (Å²) in [6, 6.07) is 9.74. The van der Waals surface area contributed by atoms with Gasteiger partial charge in [0.1, 0.15) is 11.5 Å². The molecule has 0 aliphatic carbocycles. The van der Waals surface area contributed by atoms with Gasteiger partial charge in [0.05, 0.1) is 32.0 Å². The molecule has 29 heavy (non-hydrogen) atoms. The second-order valence-electron chi connectivity index (χ2n) is 6.85. The van der Waals surface area contributed by atoms with E-state index in [1.807, 2.05) is 32.0 Å². The average Bonchev–Trinajstić information content (AvgIpc) is 3.23. The Bertz CT molecular complexity index is 787. The zero-order valence-corrected chi connectivity index (χ0v) is 17.7. The summed E-state index contributed by atoms with van der Waals surface area (Å²) in [6.07, 6.45) is 2.66. The first kappa shape index (κ1) is 22.3. The van der Waals surface area contributed by atoms with Gasteiger partial charge in [0, 0.05) is 12.1 Å². The number of carbonyl (C=O) groups excluding carboxylic acids is 1. The van der Waals surface area contributed by atoms with Crippen LogP contribution in [-0.2, 0) is 17.9 Å². The minimum Gasteiger partial charge on any atom is -0.490 e. The Morgan fingerprint density at radius 1 is 1.21 bits per heavy atom. The molecule has 0 radical (unpaired) electrons. The zero-order valence-electron chi connectivity index (χ0n) is 17.7. The fraction of sp³-hybridized carbons (Fsp3) is 0.455. The van der Waals surface area contributed by atoms with Gasteiger partial charge in [0.2, 0.25) is 5.91 Å². The highest BCUT2D eigenvalue weighted by molar-refractivity contribution is 5.86. The van der Waals surface area contributed by atoms with Crippen LogP contribution in [-0.4, -0.2) is 31.1 Å². The summed E-state index contributed by atoms with van der Waals surface area (Å²) in [5.41, 5.74) is 2.16. The molecule has 2 rings (SSSR count). The molecule has 7 nitrogen and oxygen atoms in total. The summed E-state index contributed by atoms with van der Waals surface area (Å²) in [6.45, 7) is 9.82. The van der Waals surface area contributed by atoms with Gasteiger partial charge in [0.15, 0.2) is 5.96 Å². The number of furan rings is 1. The fourth-order valence-electron chi connectivity index (χ4n) is 2.53. The minimum absolute atomic E-state index is 0.122. The predicted molar refractivity (Wildman–Crippen MR) is 115 cm³/mol. The molecular weight excluding hydrogens is 368 g/mol. The van der Waals surface area contributed by atoms with E-state index in [4.69, 9.17) is 9.15 Å². The molecule has 158 valence electrons. The van der Waals surface area contributed by atoms with Crippen LogP contribution < -0.4 is 20.7 Å². The maximum absolute atomic E-state index is 12.0. The van der Waals surface area contributed by atoms with Crippen molar-refractivity contribution in [1.29, 1.82) is 0 Å². The van der Waals surface area contributed by atoms with E-state index in [9.17, 15) is 4.79 Å². The molecule has 1 heterocycles. The lowest BCUT2D eigenvalue weighted by molar-refractivity contribution is -0.120. The van der Waals surface area contributed by atoms with E-state index in [1.165, 1.54) is 0 Å². The molecule has 0 saturated heterocycles. The van der Waals surface area contributed by atoms with Crippen molar-refractivity contribution in [2.45, 2.75) is 53.3 Å². The van der Waals surface area contributed by atoms with Crippen LogP contribution in [0.4, 0.5) is 0 Å².